The molecule has 0 unspecified atom stereocenters. The third kappa shape index (κ3) is 4.44. The van der Waals surface area contributed by atoms with Crippen molar-refractivity contribution < 1.29 is 27.9 Å². The number of benzene rings is 1. The fraction of sp³-hybridized carbons (Fsp3) is 0.467. The van der Waals surface area contributed by atoms with Crippen LogP contribution in [0.2, 0.25) is 0 Å². The largest absolute Gasteiger partial charge is 0.507 e. The van der Waals surface area contributed by atoms with E-state index in [4.69, 9.17) is 4.74 Å². The molecule has 1 fully saturated rings. The van der Waals surface area contributed by atoms with Crippen molar-refractivity contribution in [2.45, 2.75) is 32.4 Å². The summed E-state index contributed by atoms with van der Waals surface area (Å²) in [5.41, 5.74) is 0.746. The summed E-state index contributed by atoms with van der Waals surface area (Å²) in [7, 11) is -3.10. The van der Waals surface area contributed by atoms with Crippen molar-refractivity contribution in [1.82, 2.24) is 5.32 Å². The molecule has 0 bridgehead atoms. The van der Waals surface area contributed by atoms with E-state index in [1.165, 1.54) is 19.1 Å². The molecule has 2 N–H and O–H groups in total. The van der Waals surface area contributed by atoms with Gasteiger partial charge in [0.25, 0.3) is 5.91 Å². The number of aryl methyl sites for hydroxylation is 1. The second-order valence-electron chi connectivity index (χ2n) is 5.68. The van der Waals surface area contributed by atoms with Gasteiger partial charge in [-0.05, 0) is 32.4 Å². The smallest absolute Gasteiger partial charge is 0.342 e. The minimum Gasteiger partial charge on any atom is -0.507 e. The maximum Gasteiger partial charge on any atom is 0.342 e. The molecule has 0 radical (unpaired) electrons. The van der Waals surface area contributed by atoms with Crippen molar-refractivity contribution in [1.29, 1.82) is 0 Å². The number of hydrogen-bond donors (Lipinski definition) is 2. The molecule has 2 atom stereocenters. The lowest BCUT2D eigenvalue weighted by Gasteiger charge is -2.17. The topological polar surface area (TPSA) is 110 Å². The molecule has 8 heteroatoms. The van der Waals surface area contributed by atoms with Gasteiger partial charge in [0.05, 0.1) is 11.5 Å². The molecule has 1 aliphatic heterocycles. The molecule has 1 heterocycles. The predicted octanol–water partition coefficient (Wildman–Crippen LogP) is 0.549. The molecule has 1 aromatic rings. The SMILES string of the molecule is Cc1ccc(O)c(C(=O)O[C@@H](C)C(=O)N[C@H]2CCS(=O)(=O)C2)c1. The van der Waals surface area contributed by atoms with Gasteiger partial charge in [0, 0.05) is 6.04 Å². The van der Waals surface area contributed by atoms with E-state index in [2.05, 4.69) is 5.32 Å². The van der Waals surface area contributed by atoms with Gasteiger partial charge in [-0.1, -0.05) is 11.6 Å². The van der Waals surface area contributed by atoms with Crippen molar-refractivity contribution in [3.63, 3.8) is 0 Å². The molecule has 126 valence electrons. The third-order valence-electron chi connectivity index (χ3n) is 3.60. The minimum absolute atomic E-state index is 0.0203. The van der Waals surface area contributed by atoms with E-state index in [0.717, 1.165) is 5.56 Å². The first-order valence-corrected chi connectivity index (χ1v) is 9.01. The van der Waals surface area contributed by atoms with Crippen LogP contribution in [0.3, 0.4) is 0 Å². The molecule has 0 aromatic heterocycles. The van der Waals surface area contributed by atoms with E-state index >= 15 is 0 Å². The molecule has 23 heavy (non-hydrogen) atoms. The van der Waals surface area contributed by atoms with Gasteiger partial charge in [0.2, 0.25) is 0 Å². The van der Waals surface area contributed by atoms with Gasteiger partial charge >= 0.3 is 5.97 Å². The predicted molar refractivity (Wildman–Crippen MR) is 82.9 cm³/mol. The number of amides is 1. The van der Waals surface area contributed by atoms with Crippen LogP contribution in [0.25, 0.3) is 0 Å². The number of rotatable bonds is 4. The Balaban J connectivity index is 1.95. The van der Waals surface area contributed by atoms with Gasteiger partial charge in [0.15, 0.2) is 15.9 Å². The Morgan fingerprint density at radius 1 is 1.39 bits per heavy atom. The molecule has 1 amide bonds. The summed E-state index contributed by atoms with van der Waals surface area (Å²) >= 11 is 0. The highest BCUT2D eigenvalue weighted by Crippen LogP contribution is 2.20. The number of esters is 1. The number of phenols is 1. The maximum atomic E-state index is 12.0. The van der Waals surface area contributed by atoms with Crippen LogP contribution in [0.1, 0.15) is 29.3 Å². The van der Waals surface area contributed by atoms with E-state index in [1.807, 2.05) is 0 Å². The molecule has 0 aliphatic carbocycles. The van der Waals surface area contributed by atoms with Crippen molar-refractivity contribution in [2.75, 3.05) is 11.5 Å². The van der Waals surface area contributed by atoms with Gasteiger partial charge in [-0.15, -0.1) is 0 Å². The number of sulfone groups is 1. The van der Waals surface area contributed by atoms with Crippen molar-refractivity contribution in [3.05, 3.63) is 29.3 Å². The molecule has 2 rings (SSSR count). The Hall–Kier alpha value is -2.09. The lowest BCUT2D eigenvalue weighted by atomic mass is 10.1. The first-order valence-electron chi connectivity index (χ1n) is 7.19. The van der Waals surface area contributed by atoms with Crippen LogP contribution in [-0.2, 0) is 19.4 Å². The Kier molecular flexibility index (Phi) is 4.93. The summed E-state index contributed by atoms with van der Waals surface area (Å²) in [4.78, 5) is 24.0. The number of hydrogen-bond acceptors (Lipinski definition) is 6. The van der Waals surface area contributed by atoms with E-state index < -0.39 is 33.9 Å². The summed E-state index contributed by atoms with van der Waals surface area (Å²) in [6.45, 7) is 3.15. The van der Waals surface area contributed by atoms with Gasteiger partial charge in [-0.2, -0.15) is 0 Å². The quantitative estimate of drug-likeness (QED) is 0.774. The van der Waals surface area contributed by atoms with Gasteiger partial charge in [0.1, 0.15) is 11.3 Å². The van der Waals surface area contributed by atoms with Crippen LogP contribution in [0.4, 0.5) is 0 Å². The number of carbonyl (C=O) groups is 2. The molecular weight excluding hydrogens is 322 g/mol. The number of phenolic OH excluding ortho intramolecular Hbond substituents is 1. The van der Waals surface area contributed by atoms with Crippen LogP contribution in [-0.4, -0.2) is 49.1 Å². The standard InChI is InChI=1S/C15H19NO6S/c1-9-3-4-13(17)12(7-9)15(19)22-10(2)14(18)16-11-5-6-23(20,21)8-11/h3-4,7,10-11,17H,5-6,8H2,1-2H3,(H,16,18)/t10-,11-/m0/s1. The number of aromatic hydroxyl groups is 1. The van der Waals surface area contributed by atoms with Crippen molar-refractivity contribution >= 4 is 21.7 Å². The summed E-state index contributed by atoms with van der Waals surface area (Å²) in [5, 5.41) is 12.2. The Labute approximate surface area is 134 Å². The fourth-order valence-corrected chi connectivity index (χ4v) is 3.99. The summed E-state index contributed by atoms with van der Waals surface area (Å²) in [5.74, 6) is -1.66. The van der Waals surface area contributed by atoms with Gasteiger partial charge < -0.3 is 15.2 Å². The zero-order chi connectivity index (χ0) is 17.2. The lowest BCUT2D eigenvalue weighted by Crippen LogP contribution is -2.42. The molecule has 1 aliphatic rings. The Morgan fingerprint density at radius 2 is 2.09 bits per heavy atom. The molecular formula is C15H19NO6S. The van der Waals surface area contributed by atoms with Crippen LogP contribution in [0.15, 0.2) is 18.2 Å². The minimum atomic E-state index is -3.10. The van der Waals surface area contributed by atoms with E-state index in [1.54, 1.807) is 13.0 Å². The number of carbonyl (C=O) groups excluding carboxylic acids is 2. The summed E-state index contributed by atoms with van der Waals surface area (Å²) < 4.78 is 27.8. The molecule has 0 spiro atoms. The van der Waals surface area contributed by atoms with E-state index in [0.29, 0.717) is 6.42 Å². The fourth-order valence-electron chi connectivity index (χ4n) is 2.32. The summed E-state index contributed by atoms with van der Waals surface area (Å²) in [6.07, 6.45) is -0.737. The first kappa shape index (κ1) is 17.3. The second kappa shape index (κ2) is 6.57. The van der Waals surface area contributed by atoms with E-state index in [9.17, 15) is 23.1 Å². The van der Waals surface area contributed by atoms with Gasteiger partial charge in [-0.3, -0.25) is 4.79 Å². The Morgan fingerprint density at radius 3 is 2.70 bits per heavy atom. The average Bonchev–Trinajstić information content (AvgIpc) is 2.80. The molecule has 0 saturated carbocycles. The van der Waals surface area contributed by atoms with Gasteiger partial charge in [-0.25, -0.2) is 13.2 Å². The molecule has 1 saturated heterocycles. The normalized spacial score (nSPS) is 20.7. The zero-order valence-corrected chi connectivity index (χ0v) is 13.7. The maximum absolute atomic E-state index is 12.0. The Bertz CT molecular complexity index is 727. The summed E-state index contributed by atoms with van der Waals surface area (Å²) in [6, 6.07) is 4.02. The monoisotopic (exact) mass is 341 g/mol. The first-order chi connectivity index (χ1) is 10.7. The average molecular weight is 341 g/mol. The van der Waals surface area contributed by atoms with Crippen LogP contribution < -0.4 is 5.32 Å². The third-order valence-corrected chi connectivity index (χ3v) is 5.37. The highest BCUT2D eigenvalue weighted by molar-refractivity contribution is 7.91. The highest BCUT2D eigenvalue weighted by Gasteiger charge is 2.31. The highest BCUT2D eigenvalue weighted by atomic mass is 32.2. The zero-order valence-electron chi connectivity index (χ0n) is 12.9. The van der Waals surface area contributed by atoms with Crippen LogP contribution in [0, 0.1) is 6.92 Å². The van der Waals surface area contributed by atoms with Crippen LogP contribution >= 0.6 is 0 Å². The number of ether oxygens (including phenoxy) is 1. The second-order valence-corrected chi connectivity index (χ2v) is 7.91. The molecule has 1 aromatic carbocycles. The van der Waals surface area contributed by atoms with Crippen LogP contribution in [0.5, 0.6) is 5.75 Å². The number of nitrogens with one attached hydrogen (secondary N) is 1. The van der Waals surface area contributed by atoms with Crippen molar-refractivity contribution in [2.24, 2.45) is 0 Å². The van der Waals surface area contributed by atoms with Crippen molar-refractivity contribution in [3.8, 4) is 5.75 Å². The van der Waals surface area contributed by atoms with E-state index in [-0.39, 0.29) is 22.8 Å². The molecule has 7 nitrogen and oxygen atoms in total. The lowest BCUT2D eigenvalue weighted by molar-refractivity contribution is -0.129.